The van der Waals surface area contributed by atoms with E-state index in [0.29, 0.717) is 17.3 Å². The first kappa shape index (κ1) is 15.0. The van der Waals surface area contributed by atoms with Gasteiger partial charge in [-0.3, -0.25) is 0 Å². The zero-order valence-corrected chi connectivity index (χ0v) is 13.6. The van der Waals surface area contributed by atoms with Crippen LogP contribution in [0.1, 0.15) is 5.56 Å². The molecule has 0 aliphatic heterocycles. The fourth-order valence-corrected chi connectivity index (χ4v) is 3.41. The molecule has 1 heterocycles. The highest BCUT2D eigenvalue weighted by Crippen LogP contribution is 2.34. The minimum Gasteiger partial charge on any atom is -0.495 e. The van der Waals surface area contributed by atoms with E-state index >= 15 is 0 Å². The van der Waals surface area contributed by atoms with Crippen LogP contribution in [0.2, 0.25) is 5.02 Å². The molecule has 2 N–H and O–H groups in total. The number of ether oxygens (including phenoxy) is 1. The van der Waals surface area contributed by atoms with Crippen LogP contribution in [0.25, 0.3) is 21.8 Å². The second kappa shape index (κ2) is 6.48. The third-order valence-corrected chi connectivity index (χ3v) is 4.59. The van der Waals surface area contributed by atoms with Crippen LogP contribution in [-0.4, -0.2) is 12.1 Å². The minimum atomic E-state index is 0.499. The Kier molecular flexibility index (Phi) is 4.43. The van der Waals surface area contributed by atoms with Gasteiger partial charge in [0.05, 0.1) is 17.8 Å². The minimum absolute atomic E-state index is 0.499. The van der Waals surface area contributed by atoms with E-state index in [1.165, 1.54) is 0 Å². The molecule has 3 nitrogen and oxygen atoms in total. The number of methoxy groups -OCH3 is 1. The molecule has 5 heteroatoms. The summed E-state index contributed by atoms with van der Waals surface area (Å²) in [6.45, 7) is 0.499. The molecule has 22 heavy (non-hydrogen) atoms. The lowest BCUT2D eigenvalue weighted by molar-refractivity contribution is 0.415. The summed E-state index contributed by atoms with van der Waals surface area (Å²) in [5, 5.41) is 3.57. The van der Waals surface area contributed by atoms with E-state index in [1.807, 2.05) is 47.8 Å². The number of nitrogens with two attached hydrogens (primary N) is 1. The second-order valence-corrected chi connectivity index (χ2v) is 6.01. The van der Waals surface area contributed by atoms with Crippen molar-refractivity contribution in [3.05, 3.63) is 58.4 Å². The topological polar surface area (TPSA) is 48.1 Å². The largest absolute Gasteiger partial charge is 0.495 e. The molecule has 0 amide bonds. The lowest BCUT2D eigenvalue weighted by Crippen LogP contribution is -1.98. The van der Waals surface area contributed by atoms with Gasteiger partial charge in [-0.25, -0.2) is 4.98 Å². The van der Waals surface area contributed by atoms with Gasteiger partial charge in [0, 0.05) is 23.1 Å². The molecular weight excluding hydrogens is 316 g/mol. The maximum atomic E-state index is 6.18. The van der Waals surface area contributed by atoms with Crippen molar-refractivity contribution in [3.63, 3.8) is 0 Å². The number of thiazole rings is 1. The van der Waals surface area contributed by atoms with Crippen molar-refractivity contribution in [2.45, 2.75) is 6.54 Å². The lowest BCUT2D eigenvalue weighted by atomic mass is 10.1. The number of hydrogen-bond acceptors (Lipinski definition) is 4. The van der Waals surface area contributed by atoms with Crippen LogP contribution in [-0.2, 0) is 6.54 Å². The van der Waals surface area contributed by atoms with Gasteiger partial charge in [-0.2, -0.15) is 0 Å². The maximum Gasteiger partial charge on any atom is 0.137 e. The Hall–Kier alpha value is -1.88. The van der Waals surface area contributed by atoms with Gasteiger partial charge in [-0.1, -0.05) is 35.9 Å². The van der Waals surface area contributed by atoms with E-state index in [0.717, 1.165) is 27.4 Å². The number of nitrogens with zero attached hydrogens (tertiary/aromatic N) is 1. The van der Waals surface area contributed by atoms with Gasteiger partial charge in [0.25, 0.3) is 0 Å². The van der Waals surface area contributed by atoms with Crippen LogP contribution >= 0.6 is 22.9 Å². The van der Waals surface area contributed by atoms with Gasteiger partial charge in [0.2, 0.25) is 0 Å². The van der Waals surface area contributed by atoms with Crippen LogP contribution in [0.3, 0.4) is 0 Å². The summed E-state index contributed by atoms with van der Waals surface area (Å²) in [5.74, 6) is 0.661. The van der Waals surface area contributed by atoms with Gasteiger partial charge in [-0.15, -0.1) is 11.3 Å². The highest BCUT2D eigenvalue weighted by atomic mass is 35.5. The molecule has 0 radical (unpaired) electrons. The Labute approximate surface area is 138 Å². The molecule has 0 bridgehead atoms. The first-order valence-electron chi connectivity index (χ1n) is 6.80. The van der Waals surface area contributed by atoms with E-state index in [2.05, 4.69) is 0 Å². The van der Waals surface area contributed by atoms with Crippen molar-refractivity contribution in [2.75, 3.05) is 7.11 Å². The SMILES string of the molecule is COc1ccc(-c2csc(-c3ccccc3CN)n2)cc1Cl. The van der Waals surface area contributed by atoms with Gasteiger partial charge in [-0.05, 0) is 23.8 Å². The molecule has 0 saturated heterocycles. The van der Waals surface area contributed by atoms with E-state index < -0.39 is 0 Å². The molecule has 1 aromatic heterocycles. The third kappa shape index (κ3) is 2.86. The van der Waals surface area contributed by atoms with Crippen LogP contribution in [0.15, 0.2) is 47.8 Å². The van der Waals surface area contributed by atoms with Crippen molar-refractivity contribution < 1.29 is 4.74 Å². The quantitative estimate of drug-likeness (QED) is 0.760. The molecule has 0 aliphatic rings. The fraction of sp³-hybridized carbons (Fsp3) is 0.118. The van der Waals surface area contributed by atoms with E-state index in [-0.39, 0.29) is 0 Å². The highest BCUT2D eigenvalue weighted by molar-refractivity contribution is 7.13. The second-order valence-electron chi connectivity index (χ2n) is 4.75. The zero-order chi connectivity index (χ0) is 15.5. The molecule has 3 rings (SSSR count). The molecule has 0 spiro atoms. The average molecular weight is 331 g/mol. The molecule has 0 unspecified atom stereocenters. The molecular formula is C17H15ClN2OS. The predicted octanol–water partition coefficient (Wildman–Crippen LogP) is 4.60. The smallest absolute Gasteiger partial charge is 0.137 e. The number of hydrogen-bond donors (Lipinski definition) is 1. The maximum absolute atomic E-state index is 6.18. The third-order valence-electron chi connectivity index (χ3n) is 3.42. The molecule has 2 aromatic carbocycles. The summed E-state index contributed by atoms with van der Waals surface area (Å²) < 4.78 is 5.18. The molecule has 3 aromatic rings. The molecule has 0 atom stereocenters. The first-order valence-corrected chi connectivity index (χ1v) is 8.06. The van der Waals surface area contributed by atoms with Crippen molar-refractivity contribution in [1.29, 1.82) is 0 Å². The van der Waals surface area contributed by atoms with Crippen molar-refractivity contribution in [3.8, 4) is 27.6 Å². The van der Waals surface area contributed by atoms with Crippen molar-refractivity contribution >= 4 is 22.9 Å². The van der Waals surface area contributed by atoms with Gasteiger partial charge in [0.15, 0.2) is 0 Å². The molecule has 112 valence electrons. The van der Waals surface area contributed by atoms with Gasteiger partial charge < -0.3 is 10.5 Å². The number of halogens is 1. The summed E-state index contributed by atoms with van der Waals surface area (Å²) in [5.41, 5.74) is 9.85. The van der Waals surface area contributed by atoms with E-state index in [9.17, 15) is 0 Å². The average Bonchev–Trinajstić information content (AvgIpc) is 3.04. The van der Waals surface area contributed by atoms with E-state index in [4.69, 9.17) is 27.1 Å². The Morgan fingerprint density at radius 2 is 2.05 bits per heavy atom. The van der Waals surface area contributed by atoms with Gasteiger partial charge in [0.1, 0.15) is 10.8 Å². The Morgan fingerprint density at radius 3 is 2.77 bits per heavy atom. The lowest BCUT2D eigenvalue weighted by Gasteiger charge is -2.05. The molecule has 0 aliphatic carbocycles. The zero-order valence-electron chi connectivity index (χ0n) is 12.0. The Balaban J connectivity index is 1.99. The summed E-state index contributed by atoms with van der Waals surface area (Å²) >= 11 is 7.79. The standard InChI is InChI=1S/C17H15ClN2OS/c1-21-16-7-6-11(8-14(16)18)15-10-22-17(20-15)13-5-3-2-4-12(13)9-19/h2-8,10H,9,19H2,1H3. The van der Waals surface area contributed by atoms with E-state index in [1.54, 1.807) is 18.4 Å². The highest BCUT2D eigenvalue weighted by Gasteiger charge is 2.11. The van der Waals surface area contributed by atoms with Crippen LogP contribution in [0.5, 0.6) is 5.75 Å². The monoisotopic (exact) mass is 330 g/mol. The Morgan fingerprint density at radius 1 is 1.23 bits per heavy atom. The first-order chi connectivity index (χ1) is 10.7. The van der Waals surface area contributed by atoms with Crippen LogP contribution in [0, 0.1) is 0 Å². The summed E-state index contributed by atoms with van der Waals surface area (Å²) in [4.78, 5) is 4.72. The van der Waals surface area contributed by atoms with Gasteiger partial charge >= 0.3 is 0 Å². The van der Waals surface area contributed by atoms with Crippen LogP contribution < -0.4 is 10.5 Å². The molecule has 0 saturated carbocycles. The number of aromatic nitrogens is 1. The predicted molar refractivity (Wildman–Crippen MR) is 92.4 cm³/mol. The van der Waals surface area contributed by atoms with Crippen molar-refractivity contribution in [2.24, 2.45) is 5.73 Å². The summed E-state index contributed by atoms with van der Waals surface area (Å²) in [6, 6.07) is 13.7. The normalized spacial score (nSPS) is 10.7. The fourth-order valence-electron chi connectivity index (χ4n) is 2.26. The number of benzene rings is 2. The number of rotatable bonds is 4. The van der Waals surface area contributed by atoms with Crippen molar-refractivity contribution in [1.82, 2.24) is 4.98 Å². The molecule has 0 fully saturated rings. The summed E-state index contributed by atoms with van der Waals surface area (Å²) in [6.07, 6.45) is 0. The Bertz CT molecular complexity index is 801. The van der Waals surface area contributed by atoms with Crippen LogP contribution in [0.4, 0.5) is 0 Å². The summed E-state index contributed by atoms with van der Waals surface area (Å²) in [7, 11) is 1.60.